The zero-order chi connectivity index (χ0) is 10.5. The summed E-state index contributed by atoms with van der Waals surface area (Å²) in [6.45, 7) is 0.734. The number of nitrogens with zero attached hydrogens (tertiary/aromatic N) is 2. The molecule has 4 heteroatoms. The van der Waals surface area contributed by atoms with Crippen LogP contribution < -0.4 is 5.32 Å². The molecule has 0 saturated carbocycles. The lowest BCUT2D eigenvalue weighted by atomic mass is 10.4. The van der Waals surface area contributed by atoms with Crippen molar-refractivity contribution in [3.8, 4) is 6.07 Å². The summed E-state index contributed by atoms with van der Waals surface area (Å²) in [7, 11) is 0. The molecule has 74 valence electrons. The lowest BCUT2D eigenvalue weighted by molar-refractivity contribution is 1.17. The number of hydrogen-bond donors (Lipinski definition) is 1. The molecular weight excluding hydrogens is 206 g/mol. The van der Waals surface area contributed by atoms with Gasteiger partial charge in [-0.05, 0) is 24.3 Å². The molecule has 0 aliphatic heterocycles. The van der Waals surface area contributed by atoms with E-state index in [0.29, 0.717) is 0 Å². The van der Waals surface area contributed by atoms with Gasteiger partial charge in [-0.2, -0.15) is 5.26 Å². The molecule has 0 unspecified atom stereocenters. The van der Waals surface area contributed by atoms with Crippen molar-refractivity contribution in [3.05, 3.63) is 46.4 Å². The summed E-state index contributed by atoms with van der Waals surface area (Å²) in [4.78, 5) is 5.90. The summed E-state index contributed by atoms with van der Waals surface area (Å²) in [5, 5.41) is 11.9. The maximum Gasteiger partial charge on any atom is 0.110 e. The minimum Gasteiger partial charge on any atom is -0.379 e. The van der Waals surface area contributed by atoms with Crippen molar-refractivity contribution in [1.29, 1.82) is 5.26 Å². The first-order valence-electron chi connectivity index (χ1n) is 4.51. The fourth-order valence-electron chi connectivity index (χ4n) is 1.19. The van der Waals surface area contributed by atoms with Gasteiger partial charge in [0.25, 0.3) is 0 Å². The van der Waals surface area contributed by atoms with Crippen LogP contribution in [0.25, 0.3) is 0 Å². The molecule has 0 bridgehead atoms. The summed E-state index contributed by atoms with van der Waals surface area (Å²) in [6.07, 6.45) is 3.52. The number of pyridine rings is 1. The van der Waals surface area contributed by atoms with E-state index < -0.39 is 0 Å². The second kappa shape index (κ2) is 4.58. The number of aromatic nitrogens is 1. The number of hydrogen-bond acceptors (Lipinski definition) is 4. The second-order valence-corrected chi connectivity index (χ2v) is 4.14. The third kappa shape index (κ3) is 2.55. The average Bonchev–Trinajstić information content (AvgIpc) is 2.76. The minimum absolute atomic E-state index is 0.734. The van der Waals surface area contributed by atoms with Crippen LogP contribution in [0.4, 0.5) is 5.69 Å². The van der Waals surface area contributed by atoms with Crippen molar-refractivity contribution >= 4 is 17.0 Å². The van der Waals surface area contributed by atoms with Crippen molar-refractivity contribution in [3.63, 3.8) is 0 Å². The molecule has 0 aliphatic carbocycles. The van der Waals surface area contributed by atoms with Crippen LogP contribution in [0.5, 0.6) is 0 Å². The van der Waals surface area contributed by atoms with Crippen LogP contribution in [0.3, 0.4) is 0 Å². The zero-order valence-corrected chi connectivity index (χ0v) is 8.79. The summed E-state index contributed by atoms with van der Waals surface area (Å²) in [6, 6.07) is 9.78. The SMILES string of the molecule is N#Cc1ccc(CNc2cccnc2)s1. The van der Waals surface area contributed by atoms with Crippen LogP contribution in [0.2, 0.25) is 0 Å². The molecule has 0 spiro atoms. The van der Waals surface area contributed by atoms with E-state index in [1.807, 2.05) is 24.3 Å². The van der Waals surface area contributed by atoms with Crippen molar-refractivity contribution in [2.24, 2.45) is 0 Å². The van der Waals surface area contributed by atoms with Gasteiger partial charge in [-0.1, -0.05) is 0 Å². The molecular formula is C11H9N3S. The van der Waals surface area contributed by atoms with Gasteiger partial charge in [-0.3, -0.25) is 4.98 Å². The third-order valence-corrected chi connectivity index (χ3v) is 2.89. The molecule has 0 fully saturated rings. The maximum atomic E-state index is 8.67. The van der Waals surface area contributed by atoms with Gasteiger partial charge >= 0.3 is 0 Å². The Morgan fingerprint density at radius 3 is 3.00 bits per heavy atom. The number of thiophene rings is 1. The van der Waals surface area contributed by atoms with Gasteiger partial charge in [0.15, 0.2) is 0 Å². The smallest absolute Gasteiger partial charge is 0.110 e. The highest BCUT2D eigenvalue weighted by molar-refractivity contribution is 7.12. The fraction of sp³-hybridized carbons (Fsp3) is 0.0909. The molecule has 0 aliphatic rings. The van der Waals surface area contributed by atoms with E-state index in [1.165, 1.54) is 11.3 Å². The molecule has 3 nitrogen and oxygen atoms in total. The van der Waals surface area contributed by atoms with E-state index >= 15 is 0 Å². The molecule has 2 rings (SSSR count). The monoisotopic (exact) mass is 215 g/mol. The molecule has 2 aromatic rings. The molecule has 0 aromatic carbocycles. The van der Waals surface area contributed by atoms with E-state index in [1.54, 1.807) is 12.4 Å². The Balaban J connectivity index is 1.97. The standard InChI is InChI=1S/C11H9N3S/c12-6-10-3-4-11(15-10)8-14-9-2-1-5-13-7-9/h1-5,7,14H,8H2. The quantitative estimate of drug-likeness (QED) is 0.856. The Hall–Kier alpha value is -1.86. The molecule has 0 saturated heterocycles. The van der Waals surface area contributed by atoms with Gasteiger partial charge < -0.3 is 5.32 Å². The lowest BCUT2D eigenvalue weighted by Crippen LogP contribution is -1.96. The van der Waals surface area contributed by atoms with Gasteiger partial charge in [-0.15, -0.1) is 11.3 Å². The molecule has 0 amide bonds. The van der Waals surface area contributed by atoms with E-state index in [4.69, 9.17) is 5.26 Å². The van der Waals surface area contributed by atoms with E-state index in [-0.39, 0.29) is 0 Å². The molecule has 2 aromatic heterocycles. The Morgan fingerprint density at radius 2 is 2.33 bits per heavy atom. The summed E-state index contributed by atoms with van der Waals surface area (Å²) in [5.74, 6) is 0. The van der Waals surface area contributed by atoms with Crippen molar-refractivity contribution in [2.75, 3.05) is 5.32 Å². The summed E-state index contributed by atoms with van der Waals surface area (Å²) in [5.41, 5.74) is 0.990. The molecule has 0 atom stereocenters. The second-order valence-electron chi connectivity index (χ2n) is 2.97. The topological polar surface area (TPSA) is 48.7 Å². The van der Waals surface area contributed by atoms with Crippen molar-refractivity contribution in [2.45, 2.75) is 6.54 Å². The van der Waals surface area contributed by atoms with Crippen molar-refractivity contribution < 1.29 is 0 Å². The van der Waals surface area contributed by atoms with Crippen molar-refractivity contribution in [1.82, 2.24) is 4.98 Å². The van der Waals surface area contributed by atoms with Gasteiger partial charge in [0.05, 0.1) is 5.69 Å². The highest BCUT2D eigenvalue weighted by atomic mass is 32.1. The fourth-order valence-corrected chi connectivity index (χ4v) is 1.93. The van der Waals surface area contributed by atoms with Gasteiger partial charge in [0.1, 0.15) is 10.9 Å². The lowest BCUT2D eigenvalue weighted by Gasteiger charge is -2.02. The predicted molar refractivity (Wildman–Crippen MR) is 60.6 cm³/mol. The molecule has 1 N–H and O–H groups in total. The van der Waals surface area contributed by atoms with Crippen LogP contribution in [-0.4, -0.2) is 4.98 Å². The number of rotatable bonds is 3. The highest BCUT2D eigenvalue weighted by Crippen LogP contribution is 2.16. The first-order valence-corrected chi connectivity index (χ1v) is 5.33. The van der Waals surface area contributed by atoms with E-state index in [0.717, 1.165) is 22.0 Å². The van der Waals surface area contributed by atoms with Crippen LogP contribution in [0.1, 0.15) is 9.75 Å². The Labute approximate surface area is 92.0 Å². The Morgan fingerprint density at radius 1 is 1.40 bits per heavy atom. The molecule has 2 heterocycles. The minimum atomic E-state index is 0.734. The number of nitriles is 1. The van der Waals surface area contributed by atoms with E-state index in [9.17, 15) is 0 Å². The first-order chi connectivity index (χ1) is 7.38. The Bertz CT molecular complexity index is 470. The predicted octanol–water partition coefficient (Wildman–Crippen LogP) is 2.63. The van der Waals surface area contributed by atoms with Gasteiger partial charge in [-0.25, -0.2) is 0 Å². The molecule has 15 heavy (non-hydrogen) atoms. The van der Waals surface area contributed by atoms with Crippen LogP contribution in [0.15, 0.2) is 36.7 Å². The number of anilines is 1. The van der Waals surface area contributed by atoms with Gasteiger partial charge in [0.2, 0.25) is 0 Å². The average molecular weight is 215 g/mol. The maximum absolute atomic E-state index is 8.67. The van der Waals surface area contributed by atoms with Crippen LogP contribution >= 0.6 is 11.3 Å². The summed E-state index contributed by atoms with van der Waals surface area (Å²) >= 11 is 1.51. The van der Waals surface area contributed by atoms with Crippen LogP contribution in [0, 0.1) is 11.3 Å². The highest BCUT2D eigenvalue weighted by Gasteiger charge is 1.98. The normalized spacial score (nSPS) is 9.53. The third-order valence-electron chi connectivity index (χ3n) is 1.90. The molecule has 0 radical (unpaired) electrons. The van der Waals surface area contributed by atoms with Crippen LogP contribution in [-0.2, 0) is 6.54 Å². The zero-order valence-electron chi connectivity index (χ0n) is 7.97. The largest absolute Gasteiger partial charge is 0.379 e. The first kappa shape index (κ1) is 9.69. The Kier molecular flexibility index (Phi) is 2.96. The van der Waals surface area contributed by atoms with Gasteiger partial charge in [0, 0.05) is 23.8 Å². The summed E-state index contributed by atoms with van der Waals surface area (Å²) < 4.78 is 0. The number of nitrogens with one attached hydrogen (secondary N) is 1. The van der Waals surface area contributed by atoms with E-state index in [2.05, 4.69) is 16.4 Å².